The molecule has 0 bridgehead atoms. The SMILES string of the molecule is O=CCC(C(=O)O)N1CCCC1. The van der Waals surface area contributed by atoms with Gasteiger partial charge in [-0.3, -0.25) is 9.69 Å². The molecule has 1 saturated heterocycles. The van der Waals surface area contributed by atoms with Gasteiger partial charge in [0.15, 0.2) is 0 Å². The highest BCUT2D eigenvalue weighted by Crippen LogP contribution is 2.13. The van der Waals surface area contributed by atoms with Gasteiger partial charge in [-0.25, -0.2) is 0 Å². The third-order valence-corrected chi connectivity index (χ3v) is 2.19. The predicted molar refractivity (Wildman–Crippen MR) is 42.9 cm³/mol. The van der Waals surface area contributed by atoms with Crippen LogP contribution in [0.3, 0.4) is 0 Å². The molecule has 0 aromatic rings. The van der Waals surface area contributed by atoms with Crippen molar-refractivity contribution >= 4 is 12.3 Å². The molecule has 4 heteroatoms. The Morgan fingerprint density at radius 1 is 1.50 bits per heavy atom. The third-order valence-electron chi connectivity index (χ3n) is 2.19. The minimum Gasteiger partial charge on any atom is -0.480 e. The molecule has 0 aromatic carbocycles. The molecular formula is C8H13NO3. The Morgan fingerprint density at radius 3 is 2.50 bits per heavy atom. The van der Waals surface area contributed by atoms with Crippen molar-refractivity contribution in [2.24, 2.45) is 0 Å². The van der Waals surface area contributed by atoms with Gasteiger partial charge < -0.3 is 9.90 Å². The van der Waals surface area contributed by atoms with Crippen molar-refractivity contribution in [2.45, 2.75) is 25.3 Å². The van der Waals surface area contributed by atoms with E-state index in [2.05, 4.69) is 0 Å². The van der Waals surface area contributed by atoms with Gasteiger partial charge in [-0.2, -0.15) is 0 Å². The number of likely N-dealkylation sites (tertiary alicyclic amines) is 1. The highest BCUT2D eigenvalue weighted by Gasteiger charge is 2.26. The maximum Gasteiger partial charge on any atom is 0.321 e. The second-order valence-electron chi connectivity index (χ2n) is 3.00. The molecule has 0 aliphatic carbocycles. The zero-order valence-electron chi connectivity index (χ0n) is 6.90. The topological polar surface area (TPSA) is 57.6 Å². The van der Waals surface area contributed by atoms with Crippen molar-refractivity contribution in [3.8, 4) is 0 Å². The first-order valence-corrected chi connectivity index (χ1v) is 4.16. The molecule has 1 atom stereocenters. The van der Waals surface area contributed by atoms with Crippen LogP contribution in [0.4, 0.5) is 0 Å². The molecule has 1 heterocycles. The van der Waals surface area contributed by atoms with E-state index in [1.54, 1.807) is 0 Å². The molecule has 1 unspecified atom stereocenters. The number of carboxylic acids is 1. The molecule has 1 N–H and O–H groups in total. The van der Waals surface area contributed by atoms with E-state index in [9.17, 15) is 9.59 Å². The monoisotopic (exact) mass is 171 g/mol. The molecule has 0 saturated carbocycles. The second kappa shape index (κ2) is 4.21. The van der Waals surface area contributed by atoms with Gasteiger partial charge in [-0.15, -0.1) is 0 Å². The highest BCUT2D eigenvalue weighted by molar-refractivity contribution is 5.76. The minimum absolute atomic E-state index is 0.106. The summed E-state index contributed by atoms with van der Waals surface area (Å²) in [7, 11) is 0. The van der Waals surface area contributed by atoms with E-state index in [1.165, 1.54) is 0 Å². The molecule has 1 rings (SSSR count). The van der Waals surface area contributed by atoms with E-state index < -0.39 is 12.0 Å². The maximum absolute atomic E-state index is 10.7. The van der Waals surface area contributed by atoms with Gasteiger partial charge in [0, 0.05) is 6.42 Å². The average Bonchev–Trinajstić information content (AvgIpc) is 2.51. The van der Waals surface area contributed by atoms with Crippen molar-refractivity contribution in [1.82, 2.24) is 4.90 Å². The van der Waals surface area contributed by atoms with Crippen LogP contribution < -0.4 is 0 Å². The van der Waals surface area contributed by atoms with Crippen LogP contribution in [0.5, 0.6) is 0 Å². The number of rotatable bonds is 4. The number of nitrogens with zero attached hydrogens (tertiary/aromatic N) is 1. The second-order valence-corrected chi connectivity index (χ2v) is 3.00. The summed E-state index contributed by atoms with van der Waals surface area (Å²) >= 11 is 0. The third kappa shape index (κ3) is 2.04. The largest absolute Gasteiger partial charge is 0.480 e. The molecule has 0 amide bonds. The first-order chi connectivity index (χ1) is 5.75. The standard InChI is InChI=1S/C8H13NO3/c10-6-3-7(8(11)12)9-4-1-2-5-9/h6-7H,1-5H2,(H,11,12). The Balaban J connectivity index is 2.51. The Labute approximate surface area is 71.2 Å². The summed E-state index contributed by atoms with van der Waals surface area (Å²) in [5.74, 6) is -0.885. The summed E-state index contributed by atoms with van der Waals surface area (Å²) in [5, 5.41) is 8.76. The van der Waals surface area contributed by atoms with Crippen LogP contribution in [-0.4, -0.2) is 41.4 Å². The molecule has 1 aliphatic rings. The average molecular weight is 171 g/mol. The van der Waals surface area contributed by atoms with E-state index in [0.29, 0.717) is 6.29 Å². The fourth-order valence-corrected chi connectivity index (χ4v) is 1.55. The van der Waals surface area contributed by atoms with Crippen molar-refractivity contribution in [3.63, 3.8) is 0 Å². The van der Waals surface area contributed by atoms with Gasteiger partial charge in [0.1, 0.15) is 12.3 Å². The Kier molecular flexibility index (Phi) is 3.22. The van der Waals surface area contributed by atoms with Crippen LogP contribution in [0.15, 0.2) is 0 Å². The van der Waals surface area contributed by atoms with Crippen molar-refractivity contribution in [3.05, 3.63) is 0 Å². The molecule has 68 valence electrons. The molecule has 1 aliphatic heterocycles. The van der Waals surface area contributed by atoms with Crippen LogP contribution in [0, 0.1) is 0 Å². The summed E-state index contributed by atoms with van der Waals surface area (Å²) in [4.78, 5) is 22.7. The van der Waals surface area contributed by atoms with E-state index >= 15 is 0 Å². The van der Waals surface area contributed by atoms with Gasteiger partial charge >= 0.3 is 5.97 Å². The van der Waals surface area contributed by atoms with Crippen molar-refractivity contribution in [1.29, 1.82) is 0 Å². The molecule has 0 aromatic heterocycles. The predicted octanol–water partition coefficient (Wildman–Crippen LogP) is 0.124. The van der Waals surface area contributed by atoms with Crippen LogP contribution in [0.1, 0.15) is 19.3 Å². The van der Waals surface area contributed by atoms with Crippen molar-refractivity contribution < 1.29 is 14.7 Å². The number of carbonyl (C=O) groups excluding carboxylic acids is 1. The Morgan fingerprint density at radius 2 is 2.08 bits per heavy atom. The van der Waals surface area contributed by atoms with Crippen LogP contribution >= 0.6 is 0 Å². The summed E-state index contributed by atoms with van der Waals surface area (Å²) < 4.78 is 0. The number of aliphatic carboxylic acids is 1. The Hall–Kier alpha value is -0.900. The summed E-state index contributed by atoms with van der Waals surface area (Å²) in [6, 6.07) is -0.593. The zero-order chi connectivity index (χ0) is 8.97. The van der Waals surface area contributed by atoms with E-state index in [1.807, 2.05) is 4.90 Å². The van der Waals surface area contributed by atoms with Crippen LogP contribution in [-0.2, 0) is 9.59 Å². The Bertz CT molecular complexity index is 175. The van der Waals surface area contributed by atoms with Crippen molar-refractivity contribution in [2.75, 3.05) is 13.1 Å². The zero-order valence-corrected chi connectivity index (χ0v) is 6.90. The molecule has 0 radical (unpaired) electrons. The number of carbonyl (C=O) groups is 2. The first-order valence-electron chi connectivity index (χ1n) is 4.16. The maximum atomic E-state index is 10.7. The summed E-state index contributed by atoms with van der Waals surface area (Å²) in [6.45, 7) is 1.62. The lowest BCUT2D eigenvalue weighted by Crippen LogP contribution is -2.39. The van der Waals surface area contributed by atoms with E-state index in [0.717, 1.165) is 25.9 Å². The van der Waals surface area contributed by atoms with Gasteiger partial charge in [0.25, 0.3) is 0 Å². The quantitative estimate of drug-likeness (QED) is 0.610. The van der Waals surface area contributed by atoms with Gasteiger partial charge in [0.2, 0.25) is 0 Å². The van der Waals surface area contributed by atoms with E-state index in [4.69, 9.17) is 5.11 Å². The fraction of sp³-hybridized carbons (Fsp3) is 0.750. The van der Waals surface area contributed by atoms with Gasteiger partial charge in [0.05, 0.1) is 0 Å². The lowest BCUT2D eigenvalue weighted by molar-refractivity contribution is -0.144. The van der Waals surface area contributed by atoms with Gasteiger partial charge in [-0.1, -0.05) is 0 Å². The first kappa shape index (κ1) is 9.19. The fourth-order valence-electron chi connectivity index (χ4n) is 1.55. The molecule has 1 fully saturated rings. The number of hydrogen-bond acceptors (Lipinski definition) is 3. The number of aldehydes is 1. The normalized spacial score (nSPS) is 20.7. The van der Waals surface area contributed by atoms with Crippen LogP contribution in [0.2, 0.25) is 0 Å². The van der Waals surface area contributed by atoms with Gasteiger partial charge in [-0.05, 0) is 25.9 Å². The summed E-state index contributed by atoms with van der Waals surface area (Å²) in [6.07, 6.45) is 2.87. The lowest BCUT2D eigenvalue weighted by Gasteiger charge is -2.21. The molecular weight excluding hydrogens is 158 g/mol. The molecule has 0 spiro atoms. The number of hydrogen-bond donors (Lipinski definition) is 1. The van der Waals surface area contributed by atoms with Crippen LogP contribution in [0.25, 0.3) is 0 Å². The lowest BCUT2D eigenvalue weighted by atomic mass is 10.2. The number of carboxylic acid groups (broad SMARTS) is 1. The molecule has 4 nitrogen and oxygen atoms in total. The molecule has 12 heavy (non-hydrogen) atoms. The van der Waals surface area contributed by atoms with E-state index in [-0.39, 0.29) is 6.42 Å². The highest BCUT2D eigenvalue weighted by atomic mass is 16.4. The summed E-state index contributed by atoms with van der Waals surface area (Å²) in [5.41, 5.74) is 0. The smallest absolute Gasteiger partial charge is 0.321 e. The minimum atomic E-state index is -0.885.